The highest BCUT2D eigenvalue weighted by Crippen LogP contribution is 2.13. The van der Waals surface area contributed by atoms with Gasteiger partial charge in [-0.3, -0.25) is 0 Å². The van der Waals surface area contributed by atoms with E-state index in [2.05, 4.69) is 26.1 Å². The van der Waals surface area contributed by atoms with Gasteiger partial charge in [-0.25, -0.2) is 0 Å². The molecule has 0 spiro atoms. The molecule has 0 unspecified atom stereocenters. The molecule has 0 bridgehead atoms. The Bertz CT molecular complexity index is 427. The summed E-state index contributed by atoms with van der Waals surface area (Å²) in [5, 5.41) is 3.72. The number of nitrogens with zero attached hydrogens (tertiary/aromatic N) is 2. The summed E-state index contributed by atoms with van der Waals surface area (Å²) in [6.07, 6.45) is 0.684. The highest BCUT2D eigenvalue weighted by atomic mass is 127. The Labute approximate surface area is 103 Å². The van der Waals surface area contributed by atoms with E-state index in [1.54, 1.807) is 0 Å². The van der Waals surface area contributed by atoms with Gasteiger partial charge in [-0.1, -0.05) is 33.2 Å². The van der Waals surface area contributed by atoms with Gasteiger partial charge in [-0.15, -0.1) is 0 Å². The average Bonchev–Trinajstić information content (AvgIpc) is 2.56. The molecule has 0 fully saturated rings. The highest BCUT2D eigenvalue weighted by molar-refractivity contribution is 14.1. The van der Waals surface area contributed by atoms with Crippen molar-refractivity contribution in [3.8, 4) is 0 Å². The molecule has 1 aromatic carbocycles. The van der Waals surface area contributed by atoms with Gasteiger partial charge in [0.15, 0.2) is 0 Å². The normalized spacial score (nSPS) is 10.4. The summed E-state index contributed by atoms with van der Waals surface area (Å²) in [6, 6.07) is 8.05. The van der Waals surface area contributed by atoms with Crippen molar-refractivity contribution in [2.75, 3.05) is 0 Å². The first-order chi connectivity index (χ1) is 6.74. The van der Waals surface area contributed by atoms with Gasteiger partial charge in [0.25, 0.3) is 0 Å². The summed E-state index contributed by atoms with van der Waals surface area (Å²) in [6.45, 7) is 0. The zero-order valence-electron chi connectivity index (χ0n) is 7.08. The maximum absolute atomic E-state index is 5.02. The lowest BCUT2D eigenvalue weighted by Crippen LogP contribution is -1.87. The molecule has 0 aliphatic rings. The summed E-state index contributed by atoms with van der Waals surface area (Å²) in [5.74, 6) is 0.650. The van der Waals surface area contributed by atoms with Crippen molar-refractivity contribution >= 4 is 38.5 Å². The number of benzene rings is 1. The largest absolute Gasteiger partial charge is 0.338 e. The molecular weight excluding hydrogens is 359 g/mol. The number of hydrogen-bond donors (Lipinski definition) is 0. The molecule has 1 heterocycles. The topological polar surface area (TPSA) is 38.9 Å². The summed E-state index contributed by atoms with van der Waals surface area (Å²) in [5.41, 5.74) is 1.16. The zero-order chi connectivity index (χ0) is 9.97. The smallest absolute Gasteiger partial charge is 0.232 e. The molecule has 0 saturated heterocycles. The van der Waals surface area contributed by atoms with E-state index < -0.39 is 0 Å². The molecule has 0 aliphatic heterocycles. The molecule has 72 valence electrons. The van der Waals surface area contributed by atoms with Gasteiger partial charge >= 0.3 is 0 Å². The Hall–Kier alpha value is -0.430. The van der Waals surface area contributed by atoms with Gasteiger partial charge in [0.1, 0.15) is 0 Å². The molecule has 2 aromatic rings. The van der Waals surface area contributed by atoms with Gasteiger partial charge in [0.2, 0.25) is 9.72 Å². The monoisotopic (exact) mass is 364 g/mol. The Morgan fingerprint density at radius 2 is 2.00 bits per heavy atom. The molecule has 0 aliphatic carbocycles. The number of hydrogen-bond acceptors (Lipinski definition) is 3. The predicted molar refractivity (Wildman–Crippen MR) is 64.0 cm³/mol. The standard InChI is InChI=1S/C9H6BrIN2O/c10-7-3-1-6(2-4-7)5-8-12-9(11)13-14-8/h1-4H,5H2. The Morgan fingerprint density at radius 3 is 2.57 bits per heavy atom. The fourth-order valence-corrected chi connectivity index (χ4v) is 1.71. The molecule has 0 atom stereocenters. The summed E-state index contributed by atoms with van der Waals surface area (Å²) in [4.78, 5) is 4.13. The molecule has 0 N–H and O–H groups in total. The van der Waals surface area contributed by atoms with Gasteiger partial charge in [-0.05, 0) is 17.7 Å². The number of aromatic nitrogens is 2. The maximum Gasteiger partial charge on any atom is 0.232 e. The van der Waals surface area contributed by atoms with Gasteiger partial charge in [-0.2, -0.15) is 4.98 Å². The third kappa shape index (κ3) is 2.54. The maximum atomic E-state index is 5.02. The van der Waals surface area contributed by atoms with E-state index in [1.807, 2.05) is 46.9 Å². The van der Waals surface area contributed by atoms with Crippen LogP contribution in [-0.4, -0.2) is 10.1 Å². The fourth-order valence-electron chi connectivity index (χ4n) is 1.08. The van der Waals surface area contributed by atoms with Gasteiger partial charge < -0.3 is 4.52 Å². The van der Waals surface area contributed by atoms with Crippen LogP contribution in [-0.2, 0) is 6.42 Å². The van der Waals surface area contributed by atoms with Crippen LogP contribution >= 0.6 is 38.5 Å². The summed E-state index contributed by atoms with van der Waals surface area (Å²) >= 11 is 5.41. The molecule has 0 radical (unpaired) electrons. The Balaban J connectivity index is 2.15. The van der Waals surface area contributed by atoms with Crippen molar-refractivity contribution in [2.24, 2.45) is 0 Å². The molecule has 3 nitrogen and oxygen atoms in total. The third-order valence-electron chi connectivity index (χ3n) is 1.71. The van der Waals surface area contributed by atoms with E-state index in [4.69, 9.17) is 4.52 Å². The lowest BCUT2D eigenvalue weighted by Gasteiger charge is -1.95. The summed E-state index contributed by atoms with van der Waals surface area (Å²) < 4.78 is 6.74. The van der Waals surface area contributed by atoms with Crippen molar-refractivity contribution in [2.45, 2.75) is 6.42 Å². The molecule has 1 aromatic heterocycles. The lowest BCUT2D eigenvalue weighted by molar-refractivity contribution is 0.381. The van der Waals surface area contributed by atoms with E-state index in [0.29, 0.717) is 16.1 Å². The minimum atomic E-state index is 0.648. The van der Waals surface area contributed by atoms with Crippen LogP contribution in [0.15, 0.2) is 33.3 Å². The minimum Gasteiger partial charge on any atom is -0.338 e. The average molecular weight is 365 g/mol. The first kappa shape index (κ1) is 10.1. The van der Waals surface area contributed by atoms with Crippen LogP contribution in [0.1, 0.15) is 11.5 Å². The van der Waals surface area contributed by atoms with Gasteiger partial charge in [0, 0.05) is 27.1 Å². The van der Waals surface area contributed by atoms with Crippen LogP contribution in [0, 0.1) is 3.83 Å². The van der Waals surface area contributed by atoms with Crippen molar-refractivity contribution in [1.29, 1.82) is 0 Å². The number of halogens is 2. The van der Waals surface area contributed by atoms with Crippen LogP contribution in [0.2, 0.25) is 0 Å². The van der Waals surface area contributed by atoms with Crippen molar-refractivity contribution in [3.05, 3.63) is 44.0 Å². The summed E-state index contributed by atoms with van der Waals surface area (Å²) in [7, 11) is 0. The number of rotatable bonds is 2. The van der Waals surface area contributed by atoms with Crippen LogP contribution in [0.25, 0.3) is 0 Å². The first-order valence-corrected chi connectivity index (χ1v) is 5.84. The molecule has 0 saturated carbocycles. The molecular formula is C9H6BrIN2O. The molecule has 2 rings (SSSR count). The molecule has 14 heavy (non-hydrogen) atoms. The second kappa shape index (κ2) is 4.39. The quantitative estimate of drug-likeness (QED) is 0.769. The van der Waals surface area contributed by atoms with Crippen LogP contribution in [0.5, 0.6) is 0 Å². The van der Waals surface area contributed by atoms with E-state index in [-0.39, 0.29) is 0 Å². The Kier molecular flexibility index (Phi) is 3.17. The minimum absolute atomic E-state index is 0.648. The van der Waals surface area contributed by atoms with E-state index in [1.165, 1.54) is 0 Å². The Morgan fingerprint density at radius 1 is 1.29 bits per heavy atom. The van der Waals surface area contributed by atoms with Crippen molar-refractivity contribution in [3.63, 3.8) is 0 Å². The van der Waals surface area contributed by atoms with Crippen LogP contribution in [0.3, 0.4) is 0 Å². The van der Waals surface area contributed by atoms with E-state index in [9.17, 15) is 0 Å². The third-order valence-corrected chi connectivity index (χ3v) is 2.68. The van der Waals surface area contributed by atoms with Crippen molar-refractivity contribution in [1.82, 2.24) is 10.1 Å². The lowest BCUT2D eigenvalue weighted by atomic mass is 10.1. The van der Waals surface area contributed by atoms with Crippen LogP contribution < -0.4 is 0 Å². The SMILES string of the molecule is Brc1ccc(Cc2nc(I)no2)cc1. The fraction of sp³-hybridized carbons (Fsp3) is 0.111. The van der Waals surface area contributed by atoms with E-state index >= 15 is 0 Å². The highest BCUT2D eigenvalue weighted by Gasteiger charge is 2.04. The predicted octanol–water partition coefficient (Wildman–Crippen LogP) is 3.03. The second-order valence-electron chi connectivity index (χ2n) is 2.76. The molecule has 5 heteroatoms. The van der Waals surface area contributed by atoms with E-state index in [0.717, 1.165) is 10.0 Å². The van der Waals surface area contributed by atoms with Crippen molar-refractivity contribution < 1.29 is 4.52 Å². The second-order valence-corrected chi connectivity index (χ2v) is 4.64. The van der Waals surface area contributed by atoms with Crippen LogP contribution in [0.4, 0.5) is 0 Å². The first-order valence-electron chi connectivity index (χ1n) is 3.96. The van der Waals surface area contributed by atoms with Gasteiger partial charge in [0.05, 0.1) is 6.42 Å². The zero-order valence-corrected chi connectivity index (χ0v) is 10.8. The molecule has 0 amide bonds.